The number of nitrogens with one attached hydrogen (secondary N) is 1. The van der Waals surface area contributed by atoms with Crippen molar-refractivity contribution in [2.24, 2.45) is 0 Å². The van der Waals surface area contributed by atoms with Gasteiger partial charge in [-0.25, -0.2) is 4.18 Å². The van der Waals surface area contributed by atoms with Gasteiger partial charge in [-0.1, -0.05) is 154 Å². The number of allylic oxidation sites excluding steroid dienone is 2. The molecule has 0 aromatic rings. The molecule has 1 aliphatic heterocycles. The Morgan fingerprint density at radius 3 is 1.69 bits per heavy atom. The van der Waals surface area contributed by atoms with Crippen molar-refractivity contribution >= 4 is 16.3 Å². The van der Waals surface area contributed by atoms with E-state index in [-0.39, 0.29) is 18.9 Å². The Hall–Kier alpha value is -1.16. The van der Waals surface area contributed by atoms with Gasteiger partial charge in [0.1, 0.15) is 24.4 Å². The molecule has 54 heavy (non-hydrogen) atoms. The lowest BCUT2D eigenvalue weighted by Gasteiger charge is -2.41. The fourth-order valence-electron chi connectivity index (χ4n) is 6.92. The number of carbonyl (C=O) groups excluding carboxylic acids is 1. The molecule has 0 saturated carbocycles. The maximum atomic E-state index is 13.0. The van der Waals surface area contributed by atoms with Gasteiger partial charge < -0.3 is 35.2 Å². The average molecular weight is 794 g/mol. The molecule has 1 aliphatic rings. The van der Waals surface area contributed by atoms with Gasteiger partial charge in [-0.05, 0) is 38.5 Å². The Balaban J connectivity index is 2.54. The number of hydrogen-bond donors (Lipinski definition) is 6. The minimum atomic E-state index is -5.07. The summed E-state index contributed by atoms with van der Waals surface area (Å²) in [5.41, 5.74) is 0. The first kappa shape index (κ1) is 50.9. The zero-order valence-corrected chi connectivity index (χ0v) is 34.6. The number of unbranched alkanes of at least 4 members (excludes halogenated alkanes) is 22. The van der Waals surface area contributed by atoms with Crippen LogP contribution in [0.25, 0.3) is 0 Å². The molecule has 0 bridgehead atoms. The first-order valence-corrected chi connectivity index (χ1v) is 22.9. The SMILES string of the molecule is CCCCCC/C=C\CCCCCCCCCC(=O)NC(COC1OC(CO)C(O)C(OS(=O)(=O)O)C1O)C(O)CCCCCCCCCCCCCC. The monoisotopic (exact) mass is 794 g/mol. The van der Waals surface area contributed by atoms with Crippen LogP contribution in [0.4, 0.5) is 0 Å². The first-order chi connectivity index (χ1) is 26.0. The first-order valence-electron chi connectivity index (χ1n) is 21.6. The molecular weight excluding hydrogens is 715 g/mol. The number of amides is 1. The van der Waals surface area contributed by atoms with Crippen molar-refractivity contribution in [1.82, 2.24) is 5.32 Å². The summed E-state index contributed by atoms with van der Waals surface area (Å²) in [6.45, 7) is 3.41. The molecule has 0 aromatic heterocycles. The smallest absolute Gasteiger partial charge is 0.394 e. The van der Waals surface area contributed by atoms with Gasteiger partial charge in [-0.2, -0.15) is 8.42 Å². The zero-order valence-electron chi connectivity index (χ0n) is 33.8. The summed E-state index contributed by atoms with van der Waals surface area (Å²) in [6.07, 6.45) is 25.0. The maximum absolute atomic E-state index is 13.0. The van der Waals surface area contributed by atoms with Gasteiger partial charge in [0.2, 0.25) is 5.91 Å². The number of rotatable bonds is 36. The third kappa shape index (κ3) is 25.9. The number of aliphatic hydroxyl groups excluding tert-OH is 4. The molecule has 0 radical (unpaired) electrons. The van der Waals surface area contributed by atoms with Gasteiger partial charge in [0, 0.05) is 6.42 Å². The highest BCUT2D eigenvalue weighted by Crippen LogP contribution is 2.26. The van der Waals surface area contributed by atoms with Gasteiger partial charge in [0.05, 0.1) is 25.4 Å². The molecule has 0 aromatic carbocycles. The van der Waals surface area contributed by atoms with Crippen LogP contribution in [-0.4, -0.2) is 95.4 Å². The highest BCUT2D eigenvalue weighted by atomic mass is 32.3. The molecule has 1 fully saturated rings. The van der Waals surface area contributed by atoms with Crippen molar-refractivity contribution < 1.29 is 51.8 Å². The third-order valence-electron chi connectivity index (χ3n) is 10.3. The molecule has 1 saturated heterocycles. The predicted molar refractivity (Wildman–Crippen MR) is 213 cm³/mol. The summed E-state index contributed by atoms with van der Waals surface area (Å²) >= 11 is 0. The second kappa shape index (κ2) is 32.9. The highest BCUT2D eigenvalue weighted by Gasteiger charge is 2.48. The van der Waals surface area contributed by atoms with Gasteiger partial charge in [0.25, 0.3) is 0 Å². The number of ether oxygens (including phenoxy) is 2. The Kier molecular flexibility index (Phi) is 31.0. The fourth-order valence-corrected chi connectivity index (χ4v) is 7.43. The second-order valence-corrected chi connectivity index (χ2v) is 16.3. The van der Waals surface area contributed by atoms with Crippen LogP contribution in [0.5, 0.6) is 0 Å². The molecule has 0 aliphatic carbocycles. The van der Waals surface area contributed by atoms with Gasteiger partial charge >= 0.3 is 10.4 Å². The van der Waals surface area contributed by atoms with E-state index < -0.39 is 59.9 Å². The van der Waals surface area contributed by atoms with E-state index in [9.17, 15) is 33.6 Å². The molecule has 0 spiro atoms. The summed E-state index contributed by atoms with van der Waals surface area (Å²) in [5, 5.41) is 44.7. The number of aliphatic hydroxyl groups is 4. The lowest BCUT2D eigenvalue weighted by molar-refractivity contribution is -0.298. The minimum absolute atomic E-state index is 0.236. The van der Waals surface area contributed by atoms with Crippen molar-refractivity contribution in [1.29, 1.82) is 0 Å². The summed E-state index contributed by atoms with van der Waals surface area (Å²) in [4.78, 5) is 13.0. The lowest BCUT2D eigenvalue weighted by Crippen LogP contribution is -2.61. The standard InChI is InChI=1S/C41H79NO11S/c1-3-5-7-9-11-13-15-17-18-19-21-23-25-27-29-31-37(45)42-34(35(44)30-28-26-24-22-20-16-14-12-10-8-6-4-2)33-51-41-39(47)40(53-54(48,49)50)38(46)36(32-43)52-41/h13,15,34-36,38-41,43-44,46-47H,3-12,14,16-33H2,1-2H3,(H,42,45)(H,48,49,50)/b15-13-. The van der Waals surface area contributed by atoms with Crippen LogP contribution in [0.1, 0.15) is 187 Å². The molecule has 6 N–H and O–H groups in total. The van der Waals surface area contributed by atoms with Gasteiger partial charge in [-0.3, -0.25) is 9.35 Å². The molecule has 1 heterocycles. The molecule has 12 nitrogen and oxygen atoms in total. The van der Waals surface area contributed by atoms with Crippen LogP contribution in [0, 0.1) is 0 Å². The summed E-state index contributed by atoms with van der Waals surface area (Å²) in [5.74, 6) is -0.236. The van der Waals surface area contributed by atoms with Gasteiger partial charge in [0.15, 0.2) is 6.29 Å². The van der Waals surface area contributed by atoms with Crippen molar-refractivity contribution in [3.63, 3.8) is 0 Å². The number of hydrogen-bond acceptors (Lipinski definition) is 10. The molecule has 7 atom stereocenters. The Morgan fingerprint density at radius 1 is 0.722 bits per heavy atom. The summed E-state index contributed by atoms with van der Waals surface area (Å²) in [7, 11) is -5.07. The summed E-state index contributed by atoms with van der Waals surface area (Å²) < 4.78 is 47.5. The van der Waals surface area contributed by atoms with Crippen LogP contribution < -0.4 is 5.32 Å². The Labute approximate surface area is 328 Å². The van der Waals surface area contributed by atoms with Gasteiger partial charge in [-0.15, -0.1) is 0 Å². The molecule has 7 unspecified atom stereocenters. The van der Waals surface area contributed by atoms with Crippen LogP contribution in [0.3, 0.4) is 0 Å². The fraction of sp³-hybridized carbons (Fsp3) is 0.927. The highest BCUT2D eigenvalue weighted by molar-refractivity contribution is 7.80. The van der Waals surface area contributed by atoms with E-state index in [0.717, 1.165) is 51.4 Å². The van der Waals surface area contributed by atoms with E-state index in [1.165, 1.54) is 103 Å². The quantitative estimate of drug-likeness (QED) is 0.0208. The predicted octanol–water partition coefficient (Wildman–Crippen LogP) is 7.60. The van der Waals surface area contributed by atoms with Crippen LogP contribution in [-0.2, 0) is 28.9 Å². The second-order valence-electron chi connectivity index (χ2n) is 15.3. The largest absolute Gasteiger partial charge is 0.397 e. The molecule has 1 rings (SSSR count). The van der Waals surface area contributed by atoms with E-state index >= 15 is 0 Å². The maximum Gasteiger partial charge on any atom is 0.397 e. The van der Waals surface area contributed by atoms with Crippen LogP contribution >= 0.6 is 0 Å². The topological polar surface area (TPSA) is 192 Å². The summed E-state index contributed by atoms with van der Waals surface area (Å²) in [6, 6.07) is -0.855. The van der Waals surface area contributed by atoms with E-state index in [2.05, 4.69) is 35.5 Å². The number of carbonyl (C=O) groups is 1. The van der Waals surface area contributed by atoms with E-state index in [1.54, 1.807) is 0 Å². The minimum Gasteiger partial charge on any atom is -0.394 e. The third-order valence-corrected chi connectivity index (χ3v) is 10.8. The van der Waals surface area contributed by atoms with Crippen LogP contribution in [0.15, 0.2) is 12.2 Å². The average Bonchev–Trinajstić information content (AvgIpc) is 3.14. The van der Waals surface area contributed by atoms with Crippen molar-refractivity contribution in [2.45, 2.75) is 230 Å². The molecule has 1 amide bonds. The molecular formula is C41H79NO11S. The Morgan fingerprint density at radius 2 is 1.19 bits per heavy atom. The normalized spacial score (nSPS) is 21.8. The molecule has 13 heteroatoms. The van der Waals surface area contributed by atoms with Crippen molar-refractivity contribution in [3.8, 4) is 0 Å². The van der Waals surface area contributed by atoms with Crippen molar-refractivity contribution in [2.75, 3.05) is 13.2 Å². The lowest BCUT2D eigenvalue weighted by atomic mass is 9.99. The van der Waals surface area contributed by atoms with Crippen molar-refractivity contribution in [3.05, 3.63) is 12.2 Å². The van der Waals surface area contributed by atoms with E-state index in [4.69, 9.17) is 14.0 Å². The van der Waals surface area contributed by atoms with E-state index in [1.807, 2.05) is 0 Å². The Bertz CT molecular complexity index is 1030. The van der Waals surface area contributed by atoms with Crippen LogP contribution in [0.2, 0.25) is 0 Å². The molecule has 320 valence electrons. The van der Waals surface area contributed by atoms with E-state index in [0.29, 0.717) is 12.8 Å². The zero-order chi connectivity index (χ0) is 39.9.